The Bertz CT molecular complexity index is 1140. The fourth-order valence-corrected chi connectivity index (χ4v) is 4.23. The van der Waals surface area contributed by atoms with E-state index in [9.17, 15) is 4.79 Å². The average Bonchev–Trinajstić information content (AvgIpc) is 3.45. The number of carbonyl (C=O) groups excluding carboxylic acids is 1. The van der Waals surface area contributed by atoms with Gasteiger partial charge in [-0.3, -0.25) is 14.6 Å². The van der Waals surface area contributed by atoms with Crippen LogP contribution in [0.4, 0.5) is 0 Å². The number of amides is 1. The molecule has 0 aliphatic carbocycles. The van der Waals surface area contributed by atoms with Gasteiger partial charge in [-0.05, 0) is 24.4 Å². The summed E-state index contributed by atoms with van der Waals surface area (Å²) in [6.45, 7) is 3.04. The minimum atomic E-state index is -0.0852. The van der Waals surface area contributed by atoms with Crippen LogP contribution in [-0.2, 0) is 13.6 Å². The van der Waals surface area contributed by atoms with Crippen LogP contribution in [0.25, 0.3) is 22.6 Å². The molecule has 0 fully saturated rings. The first-order valence-corrected chi connectivity index (χ1v) is 9.84. The van der Waals surface area contributed by atoms with Gasteiger partial charge in [-0.25, -0.2) is 0 Å². The Hall–Kier alpha value is -3.27. The van der Waals surface area contributed by atoms with E-state index in [0.717, 1.165) is 28.5 Å². The number of rotatable bonds is 3. The Balaban J connectivity index is 1.41. The van der Waals surface area contributed by atoms with Gasteiger partial charge in [0, 0.05) is 30.7 Å². The highest BCUT2D eigenvalue weighted by Gasteiger charge is 2.31. The molecule has 0 bridgehead atoms. The zero-order valence-electron chi connectivity index (χ0n) is 15.4. The van der Waals surface area contributed by atoms with Crippen molar-refractivity contribution in [3.8, 4) is 22.6 Å². The molecule has 4 aromatic rings. The second-order valence-corrected chi connectivity index (χ2v) is 7.71. The van der Waals surface area contributed by atoms with Crippen LogP contribution in [0.1, 0.15) is 29.3 Å². The molecule has 1 atom stereocenters. The Labute approximate surface area is 164 Å². The molecule has 142 valence electrons. The molecule has 1 aliphatic heterocycles. The molecule has 5 heterocycles. The molecule has 9 nitrogen and oxygen atoms in total. The van der Waals surface area contributed by atoms with Crippen molar-refractivity contribution in [3.05, 3.63) is 46.8 Å². The molecule has 10 heteroatoms. The first kappa shape index (κ1) is 16.9. The summed E-state index contributed by atoms with van der Waals surface area (Å²) in [5, 5.41) is 24.0. The van der Waals surface area contributed by atoms with E-state index in [4.69, 9.17) is 0 Å². The lowest BCUT2D eigenvalue weighted by molar-refractivity contribution is 0.0676. The normalized spacial score (nSPS) is 16.4. The van der Waals surface area contributed by atoms with E-state index in [1.165, 1.54) is 0 Å². The Morgan fingerprint density at radius 2 is 2.21 bits per heavy atom. The summed E-state index contributed by atoms with van der Waals surface area (Å²) in [7, 11) is 1.87. The standard InChI is InChI=1S/C18H18N8OS/c1-11-7-25(18(27)15-5-14(20-21-15)12-3-4-28-10-12)9-16-22-23-17(26(11)16)13-6-19-24(2)8-13/h3-6,8,10-11H,7,9H2,1-2H3,(H,20,21)/t11-/m0/s1. The largest absolute Gasteiger partial charge is 0.328 e. The molecule has 0 saturated heterocycles. The molecule has 28 heavy (non-hydrogen) atoms. The van der Waals surface area contributed by atoms with E-state index in [1.807, 2.05) is 30.1 Å². The third-order valence-corrected chi connectivity index (χ3v) is 5.58. The first-order chi connectivity index (χ1) is 13.6. The van der Waals surface area contributed by atoms with Crippen molar-refractivity contribution in [2.45, 2.75) is 19.5 Å². The highest BCUT2D eigenvalue weighted by molar-refractivity contribution is 7.08. The number of aromatic amines is 1. The maximum absolute atomic E-state index is 13.0. The fourth-order valence-electron chi connectivity index (χ4n) is 3.58. The van der Waals surface area contributed by atoms with Crippen molar-refractivity contribution in [2.75, 3.05) is 6.54 Å². The van der Waals surface area contributed by atoms with Gasteiger partial charge < -0.3 is 9.47 Å². The van der Waals surface area contributed by atoms with Crippen molar-refractivity contribution in [1.29, 1.82) is 0 Å². The monoisotopic (exact) mass is 394 g/mol. The lowest BCUT2D eigenvalue weighted by atomic mass is 10.2. The van der Waals surface area contributed by atoms with Gasteiger partial charge in [0.1, 0.15) is 5.69 Å². The molecule has 1 N–H and O–H groups in total. The third kappa shape index (κ3) is 2.73. The number of aryl methyl sites for hydroxylation is 1. The van der Waals surface area contributed by atoms with Crippen LogP contribution >= 0.6 is 11.3 Å². The van der Waals surface area contributed by atoms with Crippen molar-refractivity contribution in [1.82, 2.24) is 39.6 Å². The number of hydrogen-bond acceptors (Lipinski definition) is 6. The number of thiophene rings is 1. The van der Waals surface area contributed by atoms with E-state index in [0.29, 0.717) is 18.8 Å². The van der Waals surface area contributed by atoms with Crippen molar-refractivity contribution in [3.63, 3.8) is 0 Å². The zero-order valence-corrected chi connectivity index (χ0v) is 16.2. The van der Waals surface area contributed by atoms with Crippen molar-refractivity contribution in [2.24, 2.45) is 7.05 Å². The molecule has 1 amide bonds. The third-order valence-electron chi connectivity index (χ3n) is 4.90. The fraction of sp³-hybridized carbons (Fsp3) is 0.278. The van der Waals surface area contributed by atoms with Crippen LogP contribution in [0.5, 0.6) is 0 Å². The van der Waals surface area contributed by atoms with Crippen LogP contribution in [0.15, 0.2) is 35.3 Å². The minimum absolute atomic E-state index is 0.0529. The van der Waals surface area contributed by atoms with Gasteiger partial charge in [-0.15, -0.1) is 10.2 Å². The van der Waals surface area contributed by atoms with Gasteiger partial charge in [-0.1, -0.05) is 0 Å². The highest BCUT2D eigenvalue weighted by Crippen LogP contribution is 2.28. The smallest absolute Gasteiger partial charge is 0.272 e. The molecule has 0 saturated carbocycles. The maximum Gasteiger partial charge on any atom is 0.272 e. The lowest BCUT2D eigenvalue weighted by Gasteiger charge is -2.32. The number of nitrogens with one attached hydrogen (secondary N) is 1. The van der Waals surface area contributed by atoms with Crippen molar-refractivity contribution < 1.29 is 4.79 Å². The number of nitrogens with zero attached hydrogens (tertiary/aromatic N) is 7. The summed E-state index contributed by atoms with van der Waals surface area (Å²) >= 11 is 1.60. The van der Waals surface area contributed by atoms with Crippen LogP contribution < -0.4 is 0 Å². The summed E-state index contributed by atoms with van der Waals surface area (Å²) in [6, 6.07) is 3.84. The van der Waals surface area contributed by atoms with Gasteiger partial charge in [0.15, 0.2) is 11.6 Å². The summed E-state index contributed by atoms with van der Waals surface area (Å²) < 4.78 is 3.83. The van der Waals surface area contributed by atoms with E-state index < -0.39 is 0 Å². The second kappa shape index (κ2) is 6.41. The number of H-pyrrole nitrogens is 1. The summed E-state index contributed by atoms with van der Waals surface area (Å²) in [4.78, 5) is 14.8. The summed E-state index contributed by atoms with van der Waals surface area (Å²) in [5.74, 6) is 1.46. The predicted octanol–water partition coefficient (Wildman–Crippen LogP) is 2.35. The predicted molar refractivity (Wildman–Crippen MR) is 104 cm³/mol. The summed E-state index contributed by atoms with van der Waals surface area (Å²) in [5.41, 5.74) is 3.18. The van der Waals surface area contributed by atoms with E-state index >= 15 is 0 Å². The van der Waals surface area contributed by atoms with Gasteiger partial charge in [0.05, 0.1) is 30.0 Å². The number of carbonyl (C=O) groups is 1. The molecule has 0 spiro atoms. The first-order valence-electron chi connectivity index (χ1n) is 8.90. The van der Waals surface area contributed by atoms with Gasteiger partial charge in [0.25, 0.3) is 5.91 Å². The number of aromatic nitrogens is 7. The number of hydrogen-bond donors (Lipinski definition) is 1. The molecule has 0 radical (unpaired) electrons. The zero-order chi connectivity index (χ0) is 19.3. The minimum Gasteiger partial charge on any atom is -0.328 e. The van der Waals surface area contributed by atoms with Gasteiger partial charge >= 0.3 is 0 Å². The Morgan fingerprint density at radius 1 is 1.32 bits per heavy atom. The van der Waals surface area contributed by atoms with Crippen LogP contribution in [0.2, 0.25) is 0 Å². The van der Waals surface area contributed by atoms with E-state index in [-0.39, 0.29) is 11.9 Å². The Morgan fingerprint density at radius 3 is 2.96 bits per heavy atom. The molecule has 0 unspecified atom stereocenters. The van der Waals surface area contributed by atoms with Crippen molar-refractivity contribution >= 4 is 17.2 Å². The Kier molecular flexibility index (Phi) is 3.86. The lowest BCUT2D eigenvalue weighted by Crippen LogP contribution is -2.40. The van der Waals surface area contributed by atoms with Crippen LogP contribution in [-0.4, -0.2) is 52.1 Å². The SMILES string of the molecule is C[C@H]1CN(C(=O)c2cc(-c3ccsc3)n[nH]2)Cc2nnc(-c3cnn(C)c3)n21. The van der Waals surface area contributed by atoms with E-state index in [1.54, 1.807) is 33.2 Å². The molecule has 5 rings (SSSR count). The van der Waals surface area contributed by atoms with Gasteiger partial charge in [0.2, 0.25) is 0 Å². The molecule has 1 aliphatic rings. The van der Waals surface area contributed by atoms with Crippen LogP contribution in [0, 0.1) is 0 Å². The molecular weight excluding hydrogens is 376 g/mol. The van der Waals surface area contributed by atoms with Gasteiger partial charge in [-0.2, -0.15) is 21.5 Å². The molecular formula is C18H18N8OS. The maximum atomic E-state index is 13.0. The van der Waals surface area contributed by atoms with Crippen LogP contribution in [0.3, 0.4) is 0 Å². The quantitative estimate of drug-likeness (QED) is 0.575. The number of fused-ring (bicyclic) bond motifs is 1. The average molecular weight is 394 g/mol. The topological polar surface area (TPSA) is 97.5 Å². The molecule has 4 aromatic heterocycles. The highest BCUT2D eigenvalue weighted by atomic mass is 32.1. The summed E-state index contributed by atoms with van der Waals surface area (Å²) in [6.07, 6.45) is 3.69. The second-order valence-electron chi connectivity index (χ2n) is 6.93. The van der Waals surface area contributed by atoms with E-state index in [2.05, 4.69) is 37.0 Å². The molecule has 0 aromatic carbocycles.